The zero-order valence-corrected chi connectivity index (χ0v) is 13.7. The number of imidazole rings is 1. The van der Waals surface area contributed by atoms with Crippen molar-refractivity contribution < 1.29 is 4.79 Å². The van der Waals surface area contributed by atoms with Gasteiger partial charge in [-0.05, 0) is 38.1 Å². The molecule has 0 bridgehead atoms. The Balaban J connectivity index is 1.60. The molecule has 2 aromatic heterocycles. The molecule has 3 aromatic rings. The van der Waals surface area contributed by atoms with Crippen molar-refractivity contribution in [1.82, 2.24) is 24.6 Å². The second kappa shape index (κ2) is 6.99. The van der Waals surface area contributed by atoms with Crippen molar-refractivity contribution in [2.24, 2.45) is 0 Å². The average Bonchev–Trinajstić information content (AvgIpc) is 3.17. The lowest BCUT2D eigenvalue weighted by Gasteiger charge is -2.10. The van der Waals surface area contributed by atoms with Crippen LogP contribution in [0.25, 0.3) is 5.69 Å². The van der Waals surface area contributed by atoms with E-state index in [4.69, 9.17) is 0 Å². The summed E-state index contributed by atoms with van der Waals surface area (Å²) < 4.78 is 3.77. The molecule has 0 saturated heterocycles. The molecule has 0 fully saturated rings. The van der Waals surface area contributed by atoms with E-state index in [9.17, 15) is 4.79 Å². The molecule has 124 valence electrons. The van der Waals surface area contributed by atoms with E-state index in [1.807, 2.05) is 59.6 Å². The number of benzene rings is 1. The van der Waals surface area contributed by atoms with Crippen LogP contribution in [0, 0.1) is 13.8 Å². The Labute approximate surface area is 140 Å². The van der Waals surface area contributed by atoms with Crippen molar-refractivity contribution in [2.45, 2.75) is 20.4 Å². The van der Waals surface area contributed by atoms with Crippen LogP contribution in [0.15, 0.2) is 49.1 Å². The smallest absolute Gasteiger partial charge is 0.319 e. The maximum Gasteiger partial charge on any atom is 0.319 e. The largest absolute Gasteiger partial charge is 0.336 e. The van der Waals surface area contributed by atoms with E-state index in [-0.39, 0.29) is 6.03 Å². The molecule has 2 N–H and O–H groups in total. The van der Waals surface area contributed by atoms with Crippen LogP contribution in [0.1, 0.15) is 11.4 Å². The number of hydrogen-bond donors (Lipinski definition) is 2. The number of amides is 2. The average molecular weight is 324 g/mol. The quantitative estimate of drug-likeness (QED) is 0.757. The molecular weight excluding hydrogens is 304 g/mol. The number of carbonyl (C=O) groups excluding carboxylic acids is 1. The normalized spacial score (nSPS) is 10.6. The SMILES string of the molecule is Cc1cc(C)n(-c2cccc(NC(=O)NCCn3ccnc3)c2)n1. The van der Waals surface area contributed by atoms with Crippen LogP contribution in [0.4, 0.5) is 10.5 Å². The Morgan fingerprint density at radius 1 is 1.25 bits per heavy atom. The fraction of sp³-hybridized carbons (Fsp3) is 0.235. The highest BCUT2D eigenvalue weighted by Crippen LogP contribution is 2.16. The van der Waals surface area contributed by atoms with Crippen LogP contribution in [0.3, 0.4) is 0 Å². The van der Waals surface area contributed by atoms with Gasteiger partial charge in [-0.2, -0.15) is 5.10 Å². The van der Waals surface area contributed by atoms with Crippen molar-refractivity contribution in [3.8, 4) is 5.69 Å². The highest BCUT2D eigenvalue weighted by molar-refractivity contribution is 5.89. The molecule has 7 nitrogen and oxygen atoms in total. The molecule has 7 heteroatoms. The number of carbonyl (C=O) groups is 1. The number of nitrogens with zero attached hydrogens (tertiary/aromatic N) is 4. The maximum atomic E-state index is 12.0. The van der Waals surface area contributed by atoms with Crippen molar-refractivity contribution in [3.05, 3.63) is 60.4 Å². The van der Waals surface area contributed by atoms with Crippen molar-refractivity contribution >= 4 is 11.7 Å². The molecule has 24 heavy (non-hydrogen) atoms. The molecule has 0 aliphatic carbocycles. The number of hydrogen-bond acceptors (Lipinski definition) is 3. The molecule has 0 atom stereocenters. The van der Waals surface area contributed by atoms with E-state index >= 15 is 0 Å². The molecule has 0 aliphatic rings. The van der Waals surface area contributed by atoms with Crippen LogP contribution in [-0.2, 0) is 6.54 Å². The van der Waals surface area contributed by atoms with Gasteiger partial charge >= 0.3 is 6.03 Å². The van der Waals surface area contributed by atoms with Crippen molar-refractivity contribution in [3.63, 3.8) is 0 Å². The zero-order valence-electron chi connectivity index (χ0n) is 13.7. The molecule has 0 unspecified atom stereocenters. The number of rotatable bonds is 5. The van der Waals surface area contributed by atoms with Crippen molar-refractivity contribution in [1.29, 1.82) is 0 Å². The van der Waals surface area contributed by atoms with Crippen molar-refractivity contribution in [2.75, 3.05) is 11.9 Å². The fourth-order valence-corrected chi connectivity index (χ4v) is 2.50. The predicted molar refractivity (Wildman–Crippen MR) is 92.3 cm³/mol. The van der Waals surface area contributed by atoms with Gasteiger partial charge in [0, 0.05) is 36.9 Å². The Kier molecular flexibility index (Phi) is 4.60. The number of nitrogens with one attached hydrogen (secondary N) is 2. The van der Waals surface area contributed by atoms with Gasteiger partial charge in [-0.3, -0.25) is 0 Å². The zero-order chi connectivity index (χ0) is 16.9. The van der Waals surface area contributed by atoms with E-state index in [0.717, 1.165) is 22.8 Å². The molecule has 0 spiro atoms. The van der Waals surface area contributed by atoms with Gasteiger partial charge in [0.05, 0.1) is 17.7 Å². The first-order valence-corrected chi connectivity index (χ1v) is 7.76. The van der Waals surface area contributed by atoms with Gasteiger partial charge in [0.15, 0.2) is 0 Å². The molecule has 2 amide bonds. The molecule has 3 rings (SSSR count). The van der Waals surface area contributed by atoms with Crippen LogP contribution >= 0.6 is 0 Å². The molecule has 0 aliphatic heterocycles. The Morgan fingerprint density at radius 3 is 2.83 bits per heavy atom. The third kappa shape index (κ3) is 3.81. The summed E-state index contributed by atoms with van der Waals surface area (Å²) >= 11 is 0. The maximum absolute atomic E-state index is 12.0. The third-order valence-electron chi connectivity index (χ3n) is 3.57. The number of aryl methyl sites for hydroxylation is 2. The molecule has 0 radical (unpaired) electrons. The first-order chi connectivity index (χ1) is 11.6. The van der Waals surface area contributed by atoms with E-state index in [0.29, 0.717) is 13.1 Å². The highest BCUT2D eigenvalue weighted by Gasteiger charge is 2.06. The Morgan fingerprint density at radius 2 is 2.12 bits per heavy atom. The molecule has 1 aromatic carbocycles. The van der Waals surface area contributed by atoms with E-state index in [2.05, 4.69) is 20.7 Å². The monoisotopic (exact) mass is 324 g/mol. The van der Waals surface area contributed by atoms with Gasteiger partial charge in [0.1, 0.15) is 0 Å². The molecule has 2 heterocycles. The number of anilines is 1. The van der Waals surface area contributed by atoms with Gasteiger partial charge in [-0.25, -0.2) is 14.5 Å². The summed E-state index contributed by atoms with van der Waals surface area (Å²) in [5.74, 6) is 0. The number of aromatic nitrogens is 4. The van der Waals surface area contributed by atoms with Gasteiger partial charge in [-0.1, -0.05) is 6.07 Å². The minimum Gasteiger partial charge on any atom is -0.336 e. The lowest BCUT2D eigenvalue weighted by molar-refractivity contribution is 0.251. The summed E-state index contributed by atoms with van der Waals surface area (Å²) in [6.45, 7) is 5.17. The van der Waals surface area contributed by atoms with Crippen LogP contribution in [-0.4, -0.2) is 31.9 Å². The van der Waals surface area contributed by atoms with Crippen LogP contribution in [0.2, 0.25) is 0 Å². The Bertz CT molecular complexity index is 821. The van der Waals surface area contributed by atoms with E-state index in [1.165, 1.54) is 0 Å². The first-order valence-electron chi connectivity index (χ1n) is 7.76. The summed E-state index contributed by atoms with van der Waals surface area (Å²) in [4.78, 5) is 16.0. The lowest BCUT2D eigenvalue weighted by Crippen LogP contribution is -2.31. The van der Waals surface area contributed by atoms with Gasteiger partial charge < -0.3 is 15.2 Å². The molecular formula is C17H20N6O. The van der Waals surface area contributed by atoms with Gasteiger partial charge in [-0.15, -0.1) is 0 Å². The van der Waals surface area contributed by atoms with E-state index in [1.54, 1.807) is 12.5 Å². The lowest BCUT2D eigenvalue weighted by atomic mass is 10.2. The van der Waals surface area contributed by atoms with Gasteiger partial charge in [0.2, 0.25) is 0 Å². The summed E-state index contributed by atoms with van der Waals surface area (Å²) in [7, 11) is 0. The van der Waals surface area contributed by atoms with Crippen LogP contribution < -0.4 is 10.6 Å². The van der Waals surface area contributed by atoms with E-state index < -0.39 is 0 Å². The van der Waals surface area contributed by atoms with Gasteiger partial charge in [0.25, 0.3) is 0 Å². The second-order valence-electron chi connectivity index (χ2n) is 5.57. The third-order valence-corrected chi connectivity index (χ3v) is 3.57. The molecule has 0 saturated carbocycles. The topological polar surface area (TPSA) is 76.8 Å². The summed E-state index contributed by atoms with van der Waals surface area (Å²) in [5.41, 5.74) is 3.65. The fourth-order valence-electron chi connectivity index (χ4n) is 2.50. The summed E-state index contributed by atoms with van der Waals surface area (Å²) in [5, 5.41) is 10.1. The second-order valence-corrected chi connectivity index (χ2v) is 5.57. The van der Waals surface area contributed by atoms with Crippen LogP contribution in [0.5, 0.6) is 0 Å². The number of urea groups is 1. The summed E-state index contributed by atoms with van der Waals surface area (Å²) in [6.07, 6.45) is 5.29. The highest BCUT2D eigenvalue weighted by atomic mass is 16.2. The Hall–Kier alpha value is -3.09. The first kappa shape index (κ1) is 15.8. The summed E-state index contributed by atoms with van der Waals surface area (Å²) in [6, 6.07) is 9.39. The minimum atomic E-state index is -0.236. The standard InChI is InChI=1S/C17H20N6O/c1-13-10-14(2)23(21-13)16-5-3-4-15(11-16)20-17(24)19-7-9-22-8-6-18-12-22/h3-6,8,10-12H,7,9H2,1-2H3,(H2,19,20,24). The minimum absolute atomic E-state index is 0.236. The predicted octanol–water partition coefficient (Wildman–Crippen LogP) is 2.51.